The second-order valence-electron chi connectivity index (χ2n) is 23.2. The molecule has 456 valence electrons. The number of imide groups is 2. The molecule has 12 rings (SSSR count). The van der Waals surface area contributed by atoms with Gasteiger partial charge in [-0.2, -0.15) is 0 Å². The maximum absolute atomic E-state index is 15.2. The van der Waals surface area contributed by atoms with Crippen molar-refractivity contribution in [1.82, 2.24) is 25.0 Å². The Bertz CT molecular complexity index is 3510. The van der Waals surface area contributed by atoms with Crippen LogP contribution in [0.3, 0.4) is 0 Å². The van der Waals surface area contributed by atoms with Crippen LogP contribution in [-0.2, 0) is 65.1 Å². The molecule has 8 aliphatic rings. The topological polar surface area (TPSA) is 332 Å². The fraction of sp³-hybridized carbons (Fsp3) is 0.468. The van der Waals surface area contributed by atoms with Gasteiger partial charge in [0.05, 0.1) is 38.5 Å². The number of nitrogens with one attached hydrogen (secondary N) is 2. The van der Waals surface area contributed by atoms with Crippen LogP contribution in [0.4, 0.5) is 5.69 Å². The van der Waals surface area contributed by atoms with Gasteiger partial charge >= 0.3 is 29.8 Å². The van der Waals surface area contributed by atoms with Crippen molar-refractivity contribution >= 4 is 70.1 Å². The summed E-state index contributed by atoms with van der Waals surface area (Å²) in [4.78, 5) is 121. The zero-order chi connectivity index (χ0) is 62.1. The van der Waals surface area contributed by atoms with E-state index in [-0.39, 0.29) is 36.7 Å². The fourth-order valence-electron chi connectivity index (χ4n) is 15.5. The molecule has 3 fully saturated rings. The molecule has 4 amide bonds. The Morgan fingerprint density at radius 3 is 2.08 bits per heavy atom. The monoisotopic (exact) mass is 1190 g/mol. The van der Waals surface area contributed by atoms with Gasteiger partial charge in [0, 0.05) is 97.4 Å². The molecule has 1 spiro atoms. The number of H-pyrrole nitrogens is 1. The molecule has 7 aliphatic heterocycles. The molecule has 24 heteroatoms. The lowest BCUT2D eigenvalue weighted by atomic mass is 9.47. The lowest BCUT2D eigenvalue weighted by Crippen LogP contribution is -2.81. The van der Waals surface area contributed by atoms with Crippen LogP contribution in [0, 0.1) is 11.3 Å². The highest BCUT2D eigenvalue weighted by molar-refractivity contribution is 6.23. The zero-order valence-corrected chi connectivity index (χ0v) is 48.7. The Morgan fingerprint density at radius 2 is 1.49 bits per heavy atom. The molecule has 0 radical (unpaired) electrons. The average molecular weight is 1190 g/mol. The molecule has 4 aromatic rings. The number of rotatable bonds is 11. The van der Waals surface area contributed by atoms with E-state index >= 15 is 4.79 Å². The molecule has 4 unspecified atom stereocenters. The van der Waals surface area contributed by atoms with E-state index in [4.69, 9.17) is 39.4 Å². The van der Waals surface area contributed by atoms with Crippen molar-refractivity contribution in [1.29, 1.82) is 0 Å². The molecule has 7 N–H and O–H groups in total. The van der Waals surface area contributed by atoms with Gasteiger partial charge < -0.3 is 54.4 Å². The van der Waals surface area contributed by atoms with Gasteiger partial charge in [0.2, 0.25) is 17.4 Å². The predicted molar refractivity (Wildman–Crippen MR) is 304 cm³/mol. The van der Waals surface area contributed by atoms with Crippen molar-refractivity contribution in [2.45, 2.75) is 119 Å². The molecule has 12 atom stereocenters. The maximum Gasteiger partial charge on any atom is 0.344 e. The number of methoxy groups -OCH3 is 3. The van der Waals surface area contributed by atoms with Crippen LogP contribution < -0.4 is 15.0 Å². The number of esters is 3. The first kappa shape index (κ1) is 60.8. The number of nitrogens with zero attached hydrogens (tertiary/aromatic N) is 4. The summed E-state index contributed by atoms with van der Waals surface area (Å²) < 4.78 is 23.9. The van der Waals surface area contributed by atoms with E-state index in [0.29, 0.717) is 61.3 Å². The van der Waals surface area contributed by atoms with E-state index in [0.717, 1.165) is 57.8 Å². The van der Waals surface area contributed by atoms with E-state index in [1.54, 1.807) is 31.4 Å². The Kier molecular flexibility index (Phi) is 16.2. The number of amides is 4. The third kappa shape index (κ3) is 9.25. The van der Waals surface area contributed by atoms with Gasteiger partial charge in [0.15, 0.2) is 18.3 Å². The molecular formula is C62H70N6O18. The van der Waals surface area contributed by atoms with Crippen molar-refractivity contribution < 1.29 is 87.6 Å². The highest BCUT2D eigenvalue weighted by Crippen LogP contribution is 2.68. The van der Waals surface area contributed by atoms with E-state index in [2.05, 4.69) is 63.5 Å². The van der Waals surface area contributed by atoms with E-state index in [1.807, 2.05) is 37.1 Å². The quantitative estimate of drug-likeness (QED) is 0.0491. The van der Waals surface area contributed by atoms with Gasteiger partial charge in [-0.15, -0.1) is 0 Å². The number of likely N-dealkylation sites (N-methyl/N-ethyl adjacent to an activating group) is 1. The lowest BCUT2D eigenvalue weighted by molar-refractivity contribution is -0.228. The number of carbonyl (C=O) groups excluding carboxylic acids is 7. The SMILES string of the molecule is CCC1=C[C@@H]2CN(C1)Cc1c([nH]c3ccccc13)[C@@](C(=O)OC)(c1cc3c(cc1OC)N(C)[C@H]1[C@@](O)(C(=O)OC)[C@H](OC(C)=O)[C@]4(CC)C=CCN5CC[C@]31[C@@H]54)C2.O=C(O)C(O)C(O)C(=O)O.O=C1CCC(N2C(=O)c3ccccc3C2=O)C(=O)N1. The molecule has 3 aromatic carbocycles. The molecule has 1 aliphatic carbocycles. The van der Waals surface area contributed by atoms with Crippen LogP contribution >= 0.6 is 0 Å². The number of para-hydroxylation sites is 1. The number of carboxylic acids is 2. The third-order valence-electron chi connectivity index (χ3n) is 18.9. The van der Waals surface area contributed by atoms with Crippen LogP contribution in [0.5, 0.6) is 5.75 Å². The number of aromatic amines is 1. The van der Waals surface area contributed by atoms with E-state index in [1.165, 1.54) is 26.7 Å². The number of hydrogen-bond donors (Lipinski definition) is 7. The number of ether oxygens (including phenoxy) is 4. The number of benzene rings is 3. The van der Waals surface area contributed by atoms with Crippen molar-refractivity contribution in [2.24, 2.45) is 11.3 Å². The summed E-state index contributed by atoms with van der Waals surface area (Å²) in [5.74, 6) is -6.77. The van der Waals surface area contributed by atoms with Gasteiger partial charge in [0.25, 0.3) is 11.8 Å². The van der Waals surface area contributed by atoms with Crippen molar-refractivity contribution in [3.05, 3.63) is 118 Å². The van der Waals surface area contributed by atoms with Gasteiger partial charge in [-0.25, -0.2) is 14.4 Å². The molecule has 1 saturated carbocycles. The highest BCUT2D eigenvalue weighted by Gasteiger charge is 2.80. The van der Waals surface area contributed by atoms with Gasteiger partial charge in [-0.05, 0) is 80.0 Å². The maximum atomic E-state index is 15.2. The number of carbonyl (C=O) groups is 9. The largest absolute Gasteiger partial charge is 0.496 e. The summed E-state index contributed by atoms with van der Waals surface area (Å²) in [7, 11) is 6.22. The van der Waals surface area contributed by atoms with Crippen LogP contribution in [0.25, 0.3) is 10.9 Å². The molecule has 1 aromatic heterocycles. The Morgan fingerprint density at radius 1 is 0.837 bits per heavy atom. The molecule has 86 heavy (non-hydrogen) atoms. The first-order valence-corrected chi connectivity index (χ1v) is 28.5. The molecule has 8 heterocycles. The molecule has 2 bridgehead atoms. The summed E-state index contributed by atoms with van der Waals surface area (Å²) >= 11 is 0. The number of aliphatic hydroxyl groups excluding tert-OH is 2. The molecule has 24 nitrogen and oxygen atoms in total. The standard InChI is InChI=1S/C45H54N4O8.C13H10N2O4.C4H6O6/c1-8-27-19-28-22-44(40(51)55-6,36-30(25-48(23-27)24-28)29-13-10-11-14-33(29)46-36)32-20-31-34(21-35(32)54-5)47(4)38-43(31)16-18-49-17-12-15-42(9-2,37(43)49)39(57-26(3)50)45(38,53)41(52)56-7;16-10-6-5-9(11(17)14-10)15-12(18)7-3-1-2-4-8(7)13(15)19;5-1(3(7)8)2(6)4(9)10/h10-15,19-21,28,37-39,46,53H,8-9,16-18,22-25H2,1-7H3;1-4,9H,5-6H2,(H,14,16,17);1-2,5-6H,(H,7,8)(H,9,10)/t28-,37-,38+,39+,42+,43+,44-,45-;;/m0../s1. The number of aromatic nitrogens is 1. The minimum Gasteiger partial charge on any atom is -0.496 e. The summed E-state index contributed by atoms with van der Waals surface area (Å²) in [6.45, 7) is 9.19. The number of anilines is 1. The van der Waals surface area contributed by atoms with Crippen LogP contribution in [0.2, 0.25) is 0 Å². The van der Waals surface area contributed by atoms with Crippen molar-refractivity contribution in [3.63, 3.8) is 0 Å². The minimum atomic E-state index is -2.27. The zero-order valence-electron chi connectivity index (χ0n) is 48.7. The summed E-state index contributed by atoms with van der Waals surface area (Å²) in [5.41, 5.74) is 1.65. The molecular weight excluding hydrogens is 1120 g/mol. The van der Waals surface area contributed by atoms with E-state index in [9.17, 15) is 43.5 Å². The average Bonchev–Trinajstić information content (AvgIpc) is 1.44. The number of fused-ring (bicyclic) bond motifs is 7. The normalized spacial score (nSPS) is 30.0. The Hall–Kier alpha value is -8.29. The van der Waals surface area contributed by atoms with Gasteiger partial charge in [0.1, 0.15) is 17.2 Å². The van der Waals surface area contributed by atoms with E-state index < -0.39 is 93.8 Å². The van der Waals surface area contributed by atoms with Crippen molar-refractivity contribution in [2.75, 3.05) is 59.5 Å². The van der Waals surface area contributed by atoms with Crippen LogP contribution in [0.1, 0.15) is 102 Å². The van der Waals surface area contributed by atoms with Gasteiger partial charge in [-0.3, -0.25) is 48.8 Å². The number of aliphatic hydroxyl groups is 3. The summed E-state index contributed by atoms with van der Waals surface area (Å²) in [6, 6.07) is 16.7. The first-order chi connectivity index (χ1) is 40.9. The van der Waals surface area contributed by atoms with Gasteiger partial charge in [-0.1, -0.05) is 68.0 Å². The predicted octanol–water partition coefficient (Wildman–Crippen LogP) is 2.72. The van der Waals surface area contributed by atoms with Crippen LogP contribution in [0.15, 0.2) is 84.5 Å². The third-order valence-corrected chi connectivity index (χ3v) is 18.9. The fourth-order valence-corrected chi connectivity index (χ4v) is 15.5. The lowest BCUT2D eigenvalue weighted by Gasteiger charge is -2.63. The summed E-state index contributed by atoms with van der Waals surface area (Å²) in [5, 5.41) is 49.0. The number of aliphatic carboxylic acids is 2. The minimum absolute atomic E-state index is 0.0284. The smallest absolute Gasteiger partial charge is 0.344 e. The number of hydrogen-bond acceptors (Lipinski definition) is 19. The number of carboxylic acid groups (broad SMARTS) is 2. The Balaban J connectivity index is 0.000000231. The Labute approximate surface area is 494 Å². The molecule has 2 saturated heterocycles. The first-order valence-electron chi connectivity index (χ1n) is 28.5. The second-order valence-corrected chi connectivity index (χ2v) is 23.2. The van der Waals surface area contributed by atoms with Crippen LogP contribution in [-0.4, -0.2) is 195 Å². The summed E-state index contributed by atoms with van der Waals surface area (Å²) in [6.07, 6.45) is 3.45. The number of piperidine rings is 1. The second kappa shape index (κ2) is 22.9. The van der Waals surface area contributed by atoms with Crippen molar-refractivity contribution in [3.8, 4) is 5.75 Å². The highest BCUT2D eigenvalue weighted by atomic mass is 16.6.